The molecule has 3 heterocycles. The highest BCUT2D eigenvalue weighted by atomic mass is 16.7. The van der Waals surface area contributed by atoms with E-state index >= 15 is 0 Å². The van der Waals surface area contributed by atoms with Crippen LogP contribution >= 0.6 is 0 Å². The molecule has 0 saturated carbocycles. The van der Waals surface area contributed by atoms with Gasteiger partial charge in [-0.2, -0.15) is 15.8 Å². The number of methoxy groups -OCH3 is 2. The van der Waals surface area contributed by atoms with Crippen LogP contribution in [0.25, 0.3) is 0 Å². The molecule has 1 N–H and O–H groups in total. The lowest BCUT2D eigenvalue weighted by Gasteiger charge is -2.60. The molecule has 8 heteroatoms. The van der Waals surface area contributed by atoms with Crippen LogP contribution in [0.5, 0.6) is 11.5 Å². The summed E-state index contributed by atoms with van der Waals surface area (Å²) in [6, 6.07) is 11.0. The number of hydrogen-bond donors (Lipinski definition) is 1. The Bertz CT molecular complexity index is 926. The molecule has 3 fully saturated rings. The number of rotatable bonds is 3. The second-order valence-corrected chi connectivity index (χ2v) is 6.70. The summed E-state index contributed by atoms with van der Waals surface area (Å²) in [5.41, 5.74) is -3.41. The van der Waals surface area contributed by atoms with E-state index in [9.17, 15) is 15.8 Å². The second-order valence-electron chi connectivity index (χ2n) is 6.70. The molecule has 0 amide bonds. The fraction of sp³-hybridized carbons (Fsp3) is 0.474. The van der Waals surface area contributed by atoms with Crippen LogP contribution in [0.2, 0.25) is 0 Å². The zero-order valence-corrected chi connectivity index (χ0v) is 15.4. The van der Waals surface area contributed by atoms with Crippen molar-refractivity contribution in [3.63, 3.8) is 0 Å². The number of nitrogens with zero attached hydrogens (tertiary/aromatic N) is 3. The minimum atomic E-state index is -1.96. The first-order valence-corrected chi connectivity index (χ1v) is 8.22. The van der Waals surface area contributed by atoms with E-state index in [-0.39, 0.29) is 0 Å². The fourth-order valence-corrected chi connectivity index (χ4v) is 4.07. The normalized spacial score (nSPS) is 33.1. The first-order valence-electron chi connectivity index (χ1n) is 8.22. The molecule has 3 saturated heterocycles. The predicted octanol–water partition coefficient (Wildman–Crippen LogP) is 2.68. The number of fused-ring (bicyclic) bond motifs is 3. The van der Waals surface area contributed by atoms with E-state index in [4.69, 9.17) is 24.4 Å². The van der Waals surface area contributed by atoms with Crippen molar-refractivity contribution in [1.82, 2.24) is 0 Å². The number of para-hydroxylation sites is 1. The summed E-state index contributed by atoms with van der Waals surface area (Å²) in [4.78, 5) is 0. The molecule has 0 aromatic heterocycles. The SMILES string of the molecule is COc1cccc([C@@H]2O[C@@]3(C)OC(=N)[C@@]2(C#N)C(C#N)(C#N)[C@H]3C)c1OC. The maximum atomic E-state index is 10.1. The molecular formula is C19H18N4O4. The summed E-state index contributed by atoms with van der Waals surface area (Å²) in [5, 5.41) is 38.5. The molecule has 4 atom stereocenters. The Hall–Kier alpha value is -3.28. The van der Waals surface area contributed by atoms with E-state index in [2.05, 4.69) is 0 Å². The molecule has 4 rings (SSSR count). The van der Waals surface area contributed by atoms with Gasteiger partial charge in [0.1, 0.15) is 6.10 Å². The monoisotopic (exact) mass is 366 g/mol. The van der Waals surface area contributed by atoms with Crippen molar-refractivity contribution in [1.29, 1.82) is 21.2 Å². The number of hydrogen-bond acceptors (Lipinski definition) is 8. The Balaban J connectivity index is 2.38. The van der Waals surface area contributed by atoms with Gasteiger partial charge in [0, 0.05) is 12.5 Å². The van der Waals surface area contributed by atoms with Crippen LogP contribution in [0.1, 0.15) is 25.5 Å². The summed E-state index contributed by atoms with van der Waals surface area (Å²) in [6.07, 6.45) is -1.13. The van der Waals surface area contributed by atoms with Gasteiger partial charge in [0.2, 0.25) is 11.7 Å². The third-order valence-corrected chi connectivity index (χ3v) is 5.71. The average Bonchev–Trinajstić information content (AvgIpc) is 2.68. The molecule has 0 radical (unpaired) electrons. The molecule has 3 aliphatic rings. The molecule has 0 unspecified atom stereocenters. The van der Waals surface area contributed by atoms with Crippen molar-refractivity contribution < 1.29 is 18.9 Å². The lowest BCUT2D eigenvalue weighted by molar-refractivity contribution is -0.338. The Labute approximate surface area is 156 Å². The summed E-state index contributed by atoms with van der Waals surface area (Å²) >= 11 is 0. The van der Waals surface area contributed by atoms with Crippen LogP contribution in [0, 0.1) is 56.2 Å². The molecule has 0 aliphatic carbocycles. The molecule has 8 nitrogen and oxygen atoms in total. The first kappa shape index (κ1) is 18.5. The van der Waals surface area contributed by atoms with Crippen molar-refractivity contribution >= 4 is 5.90 Å². The molecule has 2 bridgehead atoms. The Kier molecular flexibility index (Phi) is 4.03. The molecule has 27 heavy (non-hydrogen) atoms. The van der Waals surface area contributed by atoms with Crippen molar-refractivity contribution in [3.8, 4) is 29.7 Å². The Morgan fingerprint density at radius 1 is 1.11 bits per heavy atom. The molecule has 0 spiro atoms. The van der Waals surface area contributed by atoms with Crippen molar-refractivity contribution in [2.75, 3.05) is 14.2 Å². The zero-order valence-electron chi connectivity index (χ0n) is 15.4. The van der Waals surface area contributed by atoms with E-state index in [1.165, 1.54) is 14.2 Å². The summed E-state index contributed by atoms with van der Waals surface area (Å²) < 4.78 is 22.5. The van der Waals surface area contributed by atoms with Gasteiger partial charge in [-0.15, -0.1) is 0 Å². The number of benzene rings is 1. The minimum Gasteiger partial charge on any atom is -0.493 e. The van der Waals surface area contributed by atoms with Gasteiger partial charge in [-0.3, -0.25) is 5.41 Å². The number of nitriles is 3. The standard InChI is InChI=1S/C19H18N4O4/c1-11-17(2)26-15(12-6-5-7-13(24-3)14(12)25-4)19(10-22,16(23)27-17)18(11,8-20)9-21/h5-7,11,15,23H,1-4H3/t11-,15-,17-,19-/m0/s1. The molecule has 3 aliphatic heterocycles. The van der Waals surface area contributed by atoms with Crippen LogP contribution in [0.15, 0.2) is 18.2 Å². The van der Waals surface area contributed by atoms with E-state index in [1.807, 2.05) is 18.2 Å². The Morgan fingerprint density at radius 2 is 1.78 bits per heavy atom. The van der Waals surface area contributed by atoms with Crippen molar-refractivity contribution in [3.05, 3.63) is 23.8 Å². The smallest absolute Gasteiger partial charge is 0.215 e. The predicted molar refractivity (Wildman–Crippen MR) is 91.5 cm³/mol. The highest BCUT2D eigenvalue weighted by Crippen LogP contribution is 2.67. The molecule has 1 aromatic rings. The topological polar surface area (TPSA) is 132 Å². The van der Waals surface area contributed by atoms with Crippen molar-refractivity contribution in [2.45, 2.75) is 25.7 Å². The third-order valence-electron chi connectivity index (χ3n) is 5.71. The molecule has 1 aromatic carbocycles. The van der Waals surface area contributed by atoms with Gasteiger partial charge in [-0.05, 0) is 6.07 Å². The van der Waals surface area contributed by atoms with E-state index < -0.39 is 34.5 Å². The van der Waals surface area contributed by atoms with Gasteiger partial charge in [0.05, 0.1) is 38.3 Å². The third kappa shape index (κ3) is 1.95. The van der Waals surface area contributed by atoms with Crippen LogP contribution in [0.4, 0.5) is 0 Å². The van der Waals surface area contributed by atoms with Gasteiger partial charge in [-0.1, -0.05) is 19.1 Å². The number of ether oxygens (including phenoxy) is 4. The molecular weight excluding hydrogens is 348 g/mol. The van der Waals surface area contributed by atoms with Crippen molar-refractivity contribution in [2.24, 2.45) is 16.7 Å². The van der Waals surface area contributed by atoms with Gasteiger partial charge in [-0.25, -0.2) is 0 Å². The van der Waals surface area contributed by atoms with Gasteiger partial charge >= 0.3 is 0 Å². The van der Waals surface area contributed by atoms with Crippen LogP contribution in [-0.2, 0) is 9.47 Å². The lowest BCUT2D eigenvalue weighted by atomic mass is 9.51. The van der Waals surface area contributed by atoms with E-state index in [0.717, 1.165) is 0 Å². The lowest BCUT2D eigenvalue weighted by Crippen LogP contribution is -2.71. The first-order chi connectivity index (χ1) is 12.8. The number of nitrogens with one attached hydrogen (secondary N) is 1. The highest BCUT2D eigenvalue weighted by molar-refractivity contribution is 5.89. The summed E-state index contributed by atoms with van der Waals surface area (Å²) in [7, 11) is 2.91. The summed E-state index contributed by atoms with van der Waals surface area (Å²) in [5.74, 6) is -1.96. The largest absolute Gasteiger partial charge is 0.493 e. The average molecular weight is 366 g/mol. The van der Waals surface area contributed by atoms with E-state index in [1.54, 1.807) is 32.0 Å². The fourth-order valence-electron chi connectivity index (χ4n) is 4.07. The van der Waals surface area contributed by atoms with Crippen LogP contribution in [-0.4, -0.2) is 25.9 Å². The quantitative estimate of drug-likeness (QED) is 0.869. The van der Waals surface area contributed by atoms with Gasteiger partial charge in [0.15, 0.2) is 22.3 Å². The highest BCUT2D eigenvalue weighted by Gasteiger charge is 2.78. The van der Waals surface area contributed by atoms with Crippen LogP contribution < -0.4 is 9.47 Å². The van der Waals surface area contributed by atoms with E-state index in [0.29, 0.717) is 17.1 Å². The maximum Gasteiger partial charge on any atom is 0.215 e. The maximum absolute atomic E-state index is 10.1. The van der Waals surface area contributed by atoms with Gasteiger partial charge < -0.3 is 18.9 Å². The minimum absolute atomic E-state index is 0.306. The zero-order chi connectivity index (χ0) is 20.0. The molecule has 138 valence electrons. The Morgan fingerprint density at radius 3 is 2.30 bits per heavy atom. The summed E-state index contributed by atoms with van der Waals surface area (Å²) in [6.45, 7) is 3.18. The second kappa shape index (κ2) is 5.87. The van der Waals surface area contributed by atoms with Crippen LogP contribution in [0.3, 0.4) is 0 Å². The van der Waals surface area contributed by atoms with Gasteiger partial charge in [0.25, 0.3) is 0 Å².